The smallest absolute Gasteiger partial charge is 0.0871 e. The second-order valence-electron chi connectivity index (χ2n) is 10.9. The van der Waals surface area contributed by atoms with E-state index in [1.54, 1.807) is 0 Å². The molecule has 0 unspecified atom stereocenters. The predicted octanol–water partition coefficient (Wildman–Crippen LogP) is 10.1. The van der Waals surface area contributed by atoms with Crippen LogP contribution in [0.2, 0.25) is 0 Å². The second-order valence-corrected chi connectivity index (χ2v) is 10.9. The monoisotopic (exact) mass is 535 g/mol. The van der Waals surface area contributed by atoms with Crippen LogP contribution in [-0.2, 0) is 0 Å². The van der Waals surface area contributed by atoms with Crippen LogP contribution in [0.15, 0.2) is 152 Å². The van der Waals surface area contributed by atoms with Crippen LogP contribution in [0.25, 0.3) is 77.2 Å². The molecule has 0 amide bonds. The van der Waals surface area contributed by atoms with Gasteiger partial charge in [-0.3, -0.25) is 4.98 Å². The molecule has 0 saturated carbocycles. The van der Waals surface area contributed by atoms with E-state index >= 15 is 0 Å². The first kappa shape index (κ1) is 23.1. The highest BCUT2D eigenvalue weighted by Gasteiger charge is 2.16. The normalized spacial score (nSPS) is 11.8. The van der Waals surface area contributed by atoms with Gasteiger partial charge in [-0.15, -0.1) is 0 Å². The first-order valence-electron chi connectivity index (χ1n) is 14.3. The molecular formula is C39H25N3. The number of aromatic nitrogens is 3. The molecule has 9 rings (SSSR count). The standard InChI is InChI=1S/C39H25N3/c1-5-13-34-30(9-1)31-10-2-6-14-35(31)41(34)29-23-21-27(22-24-29)26-17-19-28(20-18-26)39-32-11-3-7-15-36(32)42-37-16-8-4-12-33(37)40-25-38(39)42/h1-25H. The molecule has 9 aromatic rings. The zero-order valence-corrected chi connectivity index (χ0v) is 22.8. The van der Waals surface area contributed by atoms with Crippen LogP contribution in [0.1, 0.15) is 0 Å². The average Bonchev–Trinajstić information content (AvgIpc) is 3.58. The minimum absolute atomic E-state index is 0.997. The van der Waals surface area contributed by atoms with E-state index < -0.39 is 0 Å². The van der Waals surface area contributed by atoms with Gasteiger partial charge in [0, 0.05) is 27.4 Å². The highest BCUT2D eigenvalue weighted by Crippen LogP contribution is 2.38. The van der Waals surface area contributed by atoms with E-state index in [9.17, 15) is 0 Å². The van der Waals surface area contributed by atoms with Crippen molar-refractivity contribution < 1.29 is 0 Å². The Morgan fingerprint density at radius 2 is 0.881 bits per heavy atom. The Bertz CT molecular complexity index is 2390. The molecule has 3 aromatic heterocycles. The van der Waals surface area contributed by atoms with Gasteiger partial charge in [0.25, 0.3) is 0 Å². The summed E-state index contributed by atoms with van der Waals surface area (Å²) in [6.45, 7) is 0. The van der Waals surface area contributed by atoms with Crippen LogP contribution in [0, 0.1) is 0 Å². The Hall–Kier alpha value is -5.67. The molecule has 0 aliphatic carbocycles. The van der Waals surface area contributed by atoms with Crippen LogP contribution in [0.4, 0.5) is 0 Å². The van der Waals surface area contributed by atoms with Crippen molar-refractivity contribution in [3.05, 3.63) is 152 Å². The lowest BCUT2D eigenvalue weighted by molar-refractivity contribution is 1.18. The van der Waals surface area contributed by atoms with Crippen molar-refractivity contribution in [1.29, 1.82) is 0 Å². The van der Waals surface area contributed by atoms with Crippen LogP contribution >= 0.6 is 0 Å². The maximum atomic E-state index is 4.80. The molecule has 3 heterocycles. The minimum Gasteiger partial charge on any atom is -0.309 e. The highest BCUT2D eigenvalue weighted by molar-refractivity contribution is 6.09. The summed E-state index contributed by atoms with van der Waals surface area (Å²) in [6.07, 6.45) is 2.01. The molecule has 0 fully saturated rings. The maximum Gasteiger partial charge on any atom is 0.0871 e. The van der Waals surface area contributed by atoms with Crippen molar-refractivity contribution in [2.75, 3.05) is 0 Å². The molecule has 42 heavy (non-hydrogen) atoms. The lowest BCUT2D eigenvalue weighted by Gasteiger charge is -2.10. The third-order valence-electron chi connectivity index (χ3n) is 8.57. The maximum absolute atomic E-state index is 4.80. The van der Waals surface area contributed by atoms with Crippen molar-refractivity contribution in [2.45, 2.75) is 0 Å². The molecule has 0 N–H and O–H groups in total. The molecule has 3 nitrogen and oxygen atoms in total. The fraction of sp³-hybridized carbons (Fsp3) is 0. The van der Waals surface area contributed by atoms with Gasteiger partial charge in [0.1, 0.15) is 0 Å². The first-order valence-corrected chi connectivity index (χ1v) is 14.3. The molecule has 196 valence electrons. The van der Waals surface area contributed by atoms with E-state index in [0.717, 1.165) is 16.6 Å². The van der Waals surface area contributed by atoms with E-state index in [4.69, 9.17) is 4.98 Å². The van der Waals surface area contributed by atoms with Crippen molar-refractivity contribution in [2.24, 2.45) is 0 Å². The van der Waals surface area contributed by atoms with Crippen molar-refractivity contribution >= 4 is 49.3 Å². The SMILES string of the molecule is c1ccc2c(c1)ncc1c(-c3ccc(-c4ccc(-n5c6ccccc6c6ccccc65)cc4)cc3)c3ccccc3n12. The van der Waals surface area contributed by atoms with Crippen molar-refractivity contribution in [3.8, 4) is 27.9 Å². The summed E-state index contributed by atoms with van der Waals surface area (Å²) in [7, 11) is 0. The molecule has 0 saturated heterocycles. The minimum atomic E-state index is 0.997. The number of para-hydroxylation sites is 5. The summed E-state index contributed by atoms with van der Waals surface area (Å²) in [5.74, 6) is 0. The van der Waals surface area contributed by atoms with E-state index in [0.29, 0.717) is 0 Å². The summed E-state index contributed by atoms with van der Waals surface area (Å²) >= 11 is 0. The highest BCUT2D eigenvalue weighted by atomic mass is 15.0. The van der Waals surface area contributed by atoms with Gasteiger partial charge >= 0.3 is 0 Å². The van der Waals surface area contributed by atoms with E-state index in [1.165, 1.54) is 60.6 Å². The Balaban J connectivity index is 1.13. The van der Waals surface area contributed by atoms with Gasteiger partial charge in [-0.1, -0.05) is 103 Å². The van der Waals surface area contributed by atoms with E-state index in [2.05, 4.69) is 148 Å². The second kappa shape index (κ2) is 8.92. The number of rotatable bonds is 3. The van der Waals surface area contributed by atoms with Crippen LogP contribution in [-0.4, -0.2) is 14.0 Å². The zero-order chi connectivity index (χ0) is 27.6. The van der Waals surface area contributed by atoms with Crippen molar-refractivity contribution in [1.82, 2.24) is 14.0 Å². The van der Waals surface area contributed by atoms with E-state index in [-0.39, 0.29) is 0 Å². The van der Waals surface area contributed by atoms with Gasteiger partial charge in [-0.05, 0) is 59.2 Å². The molecule has 0 aliphatic heterocycles. The summed E-state index contributed by atoms with van der Waals surface area (Å²) < 4.78 is 4.70. The Kier molecular flexibility index (Phi) is 4.90. The Morgan fingerprint density at radius 1 is 0.381 bits per heavy atom. The molecule has 0 spiro atoms. The summed E-state index contributed by atoms with van der Waals surface area (Å²) in [4.78, 5) is 4.80. The fourth-order valence-corrected chi connectivity index (χ4v) is 6.67. The lowest BCUT2D eigenvalue weighted by atomic mass is 9.99. The molecule has 0 atom stereocenters. The largest absolute Gasteiger partial charge is 0.309 e. The molecule has 0 bridgehead atoms. The molecule has 0 radical (unpaired) electrons. The van der Waals surface area contributed by atoms with Gasteiger partial charge in [0.2, 0.25) is 0 Å². The number of hydrogen-bond acceptors (Lipinski definition) is 1. The molecule has 0 aliphatic rings. The number of benzene rings is 6. The zero-order valence-electron chi connectivity index (χ0n) is 22.8. The number of nitrogens with zero attached hydrogens (tertiary/aromatic N) is 3. The topological polar surface area (TPSA) is 22.2 Å². The van der Waals surface area contributed by atoms with Gasteiger partial charge < -0.3 is 8.97 Å². The molecule has 6 aromatic carbocycles. The quantitative estimate of drug-likeness (QED) is 0.221. The van der Waals surface area contributed by atoms with Crippen LogP contribution in [0.5, 0.6) is 0 Å². The van der Waals surface area contributed by atoms with E-state index in [1.807, 2.05) is 12.3 Å². The summed E-state index contributed by atoms with van der Waals surface area (Å²) in [5, 5.41) is 3.79. The first-order chi connectivity index (χ1) is 20.8. The molecule has 3 heteroatoms. The molecular weight excluding hydrogens is 510 g/mol. The van der Waals surface area contributed by atoms with Gasteiger partial charge in [0.05, 0.1) is 39.3 Å². The van der Waals surface area contributed by atoms with Crippen molar-refractivity contribution in [3.63, 3.8) is 0 Å². The lowest BCUT2D eigenvalue weighted by Crippen LogP contribution is -1.93. The Morgan fingerprint density at radius 3 is 1.55 bits per heavy atom. The third kappa shape index (κ3) is 3.31. The Labute approximate surface area is 242 Å². The number of fused-ring (bicyclic) bond motifs is 8. The fourth-order valence-electron chi connectivity index (χ4n) is 6.67. The third-order valence-corrected chi connectivity index (χ3v) is 8.57. The van der Waals surface area contributed by atoms with Crippen LogP contribution in [0.3, 0.4) is 0 Å². The summed E-state index contributed by atoms with van der Waals surface area (Å²) in [5.41, 5.74) is 12.9. The van der Waals surface area contributed by atoms with Gasteiger partial charge in [-0.25, -0.2) is 0 Å². The predicted molar refractivity (Wildman–Crippen MR) is 175 cm³/mol. The number of hydrogen-bond donors (Lipinski definition) is 0. The average molecular weight is 536 g/mol. The van der Waals surface area contributed by atoms with Gasteiger partial charge in [0.15, 0.2) is 0 Å². The summed E-state index contributed by atoms with van der Waals surface area (Å²) in [6, 6.07) is 52.2. The van der Waals surface area contributed by atoms with Gasteiger partial charge in [-0.2, -0.15) is 0 Å². The van der Waals surface area contributed by atoms with Crippen LogP contribution < -0.4 is 0 Å².